The molecule has 0 radical (unpaired) electrons. The first-order chi connectivity index (χ1) is 10.9. The first kappa shape index (κ1) is 16.7. The molecule has 2 amide bonds. The van der Waals surface area contributed by atoms with Crippen molar-refractivity contribution in [3.8, 4) is 5.75 Å². The summed E-state index contributed by atoms with van der Waals surface area (Å²) in [5.41, 5.74) is 1.18. The number of carbonyl (C=O) groups is 2. The van der Waals surface area contributed by atoms with Gasteiger partial charge in [0.2, 0.25) is 0 Å². The van der Waals surface area contributed by atoms with Crippen molar-refractivity contribution in [3.05, 3.63) is 41.1 Å². The number of halogens is 2. The molecule has 1 aliphatic heterocycles. The first-order valence-electron chi connectivity index (χ1n) is 6.92. The second-order valence-corrected chi connectivity index (χ2v) is 4.74. The molecular formula is C15H16F2N2O4. The molecule has 1 heterocycles. The molecular weight excluding hydrogens is 310 g/mol. The Kier molecular flexibility index (Phi) is 5.15. The van der Waals surface area contributed by atoms with Gasteiger partial charge in [0.1, 0.15) is 5.75 Å². The van der Waals surface area contributed by atoms with Crippen LogP contribution in [0.4, 0.5) is 13.6 Å². The summed E-state index contributed by atoms with van der Waals surface area (Å²) >= 11 is 0. The van der Waals surface area contributed by atoms with E-state index in [-0.39, 0.29) is 17.9 Å². The van der Waals surface area contributed by atoms with Crippen molar-refractivity contribution in [2.45, 2.75) is 26.5 Å². The second kappa shape index (κ2) is 7.08. The normalized spacial score (nSPS) is 17.6. The molecule has 124 valence electrons. The largest absolute Gasteiger partial charge is 0.463 e. The Morgan fingerprint density at radius 3 is 2.52 bits per heavy atom. The van der Waals surface area contributed by atoms with Gasteiger partial charge in [-0.25, -0.2) is 9.59 Å². The van der Waals surface area contributed by atoms with Crippen molar-refractivity contribution in [2.75, 3.05) is 6.61 Å². The smallest absolute Gasteiger partial charge is 0.387 e. The number of ether oxygens (including phenoxy) is 2. The van der Waals surface area contributed by atoms with Gasteiger partial charge in [-0.3, -0.25) is 0 Å². The van der Waals surface area contributed by atoms with Gasteiger partial charge in [-0.05, 0) is 31.5 Å². The predicted molar refractivity (Wildman–Crippen MR) is 76.8 cm³/mol. The molecule has 0 fully saturated rings. The molecule has 0 aromatic heterocycles. The van der Waals surface area contributed by atoms with Gasteiger partial charge in [-0.15, -0.1) is 0 Å². The molecule has 1 aliphatic rings. The molecule has 0 bridgehead atoms. The molecule has 6 nitrogen and oxygen atoms in total. The molecule has 2 N–H and O–H groups in total. The quantitative estimate of drug-likeness (QED) is 0.815. The SMILES string of the molecule is CCOC(=O)C1=C(C)NC(=O)N[C@@H]1c1ccc(OC(F)F)cc1. The zero-order chi connectivity index (χ0) is 17.0. The van der Waals surface area contributed by atoms with E-state index in [0.717, 1.165) is 0 Å². The standard InChI is InChI=1S/C15H16F2N2O4/c1-3-22-13(20)11-8(2)18-15(21)19-12(11)9-4-6-10(7-5-9)23-14(16)17/h4-7,12,14H,3H2,1-2H3,(H2,18,19,21)/t12-/m1/s1. The summed E-state index contributed by atoms with van der Waals surface area (Å²) in [6, 6.07) is 4.49. The van der Waals surface area contributed by atoms with Crippen LogP contribution >= 0.6 is 0 Å². The molecule has 0 saturated carbocycles. The van der Waals surface area contributed by atoms with Gasteiger partial charge in [-0.2, -0.15) is 8.78 Å². The number of hydrogen-bond acceptors (Lipinski definition) is 4. The number of rotatable bonds is 5. The number of nitrogens with one attached hydrogen (secondary N) is 2. The Labute approximate surface area is 131 Å². The zero-order valence-corrected chi connectivity index (χ0v) is 12.6. The maximum atomic E-state index is 12.2. The highest BCUT2D eigenvalue weighted by atomic mass is 19.3. The van der Waals surface area contributed by atoms with Crippen molar-refractivity contribution in [1.82, 2.24) is 10.6 Å². The van der Waals surface area contributed by atoms with E-state index in [4.69, 9.17) is 4.74 Å². The van der Waals surface area contributed by atoms with E-state index < -0.39 is 24.7 Å². The number of amides is 2. The number of alkyl halides is 2. The number of carbonyl (C=O) groups excluding carboxylic acids is 2. The fraction of sp³-hybridized carbons (Fsp3) is 0.333. The minimum absolute atomic E-state index is 0.0117. The number of esters is 1. The van der Waals surface area contributed by atoms with Gasteiger partial charge >= 0.3 is 18.6 Å². The van der Waals surface area contributed by atoms with Crippen LogP contribution in [0.2, 0.25) is 0 Å². The van der Waals surface area contributed by atoms with Gasteiger partial charge < -0.3 is 20.1 Å². The third kappa shape index (κ3) is 3.97. The van der Waals surface area contributed by atoms with Crippen LogP contribution in [0.1, 0.15) is 25.5 Å². The number of urea groups is 1. The predicted octanol–water partition coefficient (Wildman–Crippen LogP) is 2.48. The van der Waals surface area contributed by atoms with Crippen LogP contribution in [0.3, 0.4) is 0 Å². The first-order valence-corrected chi connectivity index (χ1v) is 6.92. The average molecular weight is 326 g/mol. The molecule has 2 rings (SSSR count). The summed E-state index contributed by atoms with van der Waals surface area (Å²) in [7, 11) is 0. The monoisotopic (exact) mass is 326 g/mol. The second-order valence-electron chi connectivity index (χ2n) is 4.74. The number of benzene rings is 1. The molecule has 1 atom stereocenters. The molecule has 0 unspecified atom stereocenters. The summed E-state index contributed by atoms with van der Waals surface area (Å²) in [4.78, 5) is 23.8. The fourth-order valence-corrected chi connectivity index (χ4v) is 2.26. The molecule has 0 saturated heterocycles. The van der Waals surface area contributed by atoms with E-state index in [1.54, 1.807) is 13.8 Å². The van der Waals surface area contributed by atoms with Crippen LogP contribution in [0.15, 0.2) is 35.5 Å². The van der Waals surface area contributed by atoms with Crippen molar-refractivity contribution in [2.24, 2.45) is 0 Å². The highest BCUT2D eigenvalue weighted by Crippen LogP contribution is 2.29. The van der Waals surface area contributed by atoms with E-state index in [1.807, 2.05) is 0 Å². The number of allylic oxidation sites excluding steroid dienone is 1. The summed E-state index contributed by atoms with van der Waals surface area (Å²) in [6.07, 6.45) is 0. The minimum Gasteiger partial charge on any atom is -0.463 e. The highest BCUT2D eigenvalue weighted by molar-refractivity contribution is 5.95. The molecule has 8 heteroatoms. The maximum Gasteiger partial charge on any atom is 0.387 e. The van der Waals surface area contributed by atoms with Crippen LogP contribution in [-0.4, -0.2) is 25.2 Å². The van der Waals surface area contributed by atoms with E-state index in [1.165, 1.54) is 24.3 Å². The van der Waals surface area contributed by atoms with E-state index >= 15 is 0 Å². The van der Waals surface area contributed by atoms with Crippen molar-refractivity contribution in [1.29, 1.82) is 0 Å². The van der Waals surface area contributed by atoms with Crippen LogP contribution in [-0.2, 0) is 9.53 Å². The average Bonchev–Trinajstić information content (AvgIpc) is 2.46. The summed E-state index contributed by atoms with van der Waals surface area (Å²) in [6.45, 7) is 0.536. The molecule has 0 spiro atoms. The van der Waals surface area contributed by atoms with Crippen LogP contribution in [0.25, 0.3) is 0 Å². The topological polar surface area (TPSA) is 76.7 Å². The third-order valence-corrected chi connectivity index (χ3v) is 3.20. The molecule has 1 aromatic carbocycles. The van der Waals surface area contributed by atoms with Gasteiger partial charge in [-0.1, -0.05) is 12.1 Å². The minimum atomic E-state index is -2.92. The Bertz CT molecular complexity index is 629. The highest BCUT2D eigenvalue weighted by Gasteiger charge is 2.32. The summed E-state index contributed by atoms with van der Waals surface area (Å²) < 4.78 is 33.6. The lowest BCUT2D eigenvalue weighted by molar-refractivity contribution is -0.139. The Morgan fingerprint density at radius 1 is 1.30 bits per heavy atom. The third-order valence-electron chi connectivity index (χ3n) is 3.20. The molecule has 1 aromatic rings. The lowest BCUT2D eigenvalue weighted by atomic mass is 9.95. The zero-order valence-electron chi connectivity index (χ0n) is 12.6. The maximum absolute atomic E-state index is 12.2. The van der Waals surface area contributed by atoms with Crippen molar-refractivity contribution in [3.63, 3.8) is 0 Å². The lowest BCUT2D eigenvalue weighted by Crippen LogP contribution is -2.45. The molecule has 23 heavy (non-hydrogen) atoms. The van der Waals surface area contributed by atoms with Crippen LogP contribution in [0, 0.1) is 0 Å². The summed E-state index contributed by atoms with van der Waals surface area (Å²) in [5.74, 6) is -0.571. The van der Waals surface area contributed by atoms with Crippen LogP contribution < -0.4 is 15.4 Å². The van der Waals surface area contributed by atoms with Gasteiger partial charge in [0, 0.05) is 5.70 Å². The van der Waals surface area contributed by atoms with E-state index in [9.17, 15) is 18.4 Å². The Hall–Kier alpha value is -2.64. The fourth-order valence-electron chi connectivity index (χ4n) is 2.26. The number of hydrogen-bond donors (Lipinski definition) is 2. The van der Waals surface area contributed by atoms with Gasteiger partial charge in [0.15, 0.2) is 0 Å². The molecule has 0 aliphatic carbocycles. The van der Waals surface area contributed by atoms with Crippen LogP contribution in [0.5, 0.6) is 5.75 Å². The Balaban J connectivity index is 2.32. The lowest BCUT2D eigenvalue weighted by Gasteiger charge is -2.28. The summed E-state index contributed by atoms with van der Waals surface area (Å²) in [5, 5.41) is 5.13. The van der Waals surface area contributed by atoms with Gasteiger partial charge in [0.05, 0.1) is 18.2 Å². The Morgan fingerprint density at radius 2 is 1.96 bits per heavy atom. The van der Waals surface area contributed by atoms with E-state index in [0.29, 0.717) is 11.3 Å². The van der Waals surface area contributed by atoms with E-state index in [2.05, 4.69) is 15.4 Å². The van der Waals surface area contributed by atoms with Crippen molar-refractivity contribution >= 4 is 12.0 Å². The van der Waals surface area contributed by atoms with Crippen molar-refractivity contribution < 1.29 is 27.8 Å². The van der Waals surface area contributed by atoms with Gasteiger partial charge in [0.25, 0.3) is 0 Å².